The van der Waals surface area contributed by atoms with Gasteiger partial charge in [0.1, 0.15) is 73.3 Å². The summed E-state index contributed by atoms with van der Waals surface area (Å²) >= 11 is 0. The molecule has 4 aromatic rings. The topological polar surface area (TPSA) is 542 Å². The number of carbonyl (C=O) groups is 9. The van der Waals surface area contributed by atoms with Crippen molar-refractivity contribution in [2.24, 2.45) is 40.3 Å². The van der Waals surface area contributed by atoms with Crippen molar-refractivity contribution in [3.05, 3.63) is 135 Å². The molecule has 4 fully saturated rings. The van der Waals surface area contributed by atoms with Crippen molar-refractivity contribution in [2.75, 3.05) is 103 Å². The lowest BCUT2D eigenvalue weighted by molar-refractivity contribution is -0.349. The minimum absolute atomic E-state index is 0.0287. The van der Waals surface area contributed by atoms with Gasteiger partial charge in [0.05, 0.1) is 118 Å². The van der Waals surface area contributed by atoms with Crippen molar-refractivity contribution < 1.29 is 122 Å². The van der Waals surface area contributed by atoms with Gasteiger partial charge in [-0.15, -0.1) is 5.53 Å². The van der Waals surface area contributed by atoms with Gasteiger partial charge >= 0.3 is 0 Å². The van der Waals surface area contributed by atoms with Gasteiger partial charge in [-0.05, 0) is 177 Å². The fraction of sp³-hybridized carbons (Fsp3) is 0.637. The minimum Gasteiger partial charge on any atom is -0.508 e. The fourth-order valence-electron chi connectivity index (χ4n) is 22.7. The van der Waals surface area contributed by atoms with Crippen LogP contribution in [0.5, 0.6) is 5.75 Å². The summed E-state index contributed by atoms with van der Waals surface area (Å²) in [5.74, 6) is 1.31. The van der Waals surface area contributed by atoms with E-state index >= 15 is 4.79 Å². The summed E-state index contributed by atoms with van der Waals surface area (Å²) < 4.78 is 46.5. The summed E-state index contributed by atoms with van der Waals surface area (Å²) in [7, 11) is 1.82. The maximum Gasteiger partial charge on any atom is 0.246 e. The van der Waals surface area contributed by atoms with E-state index in [1.807, 2.05) is 99.8 Å². The Kier molecular flexibility index (Phi) is 37.7. The van der Waals surface area contributed by atoms with Gasteiger partial charge in [0.15, 0.2) is 18.3 Å². The van der Waals surface area contributed by atoms with E-state index in [9.17, 15) is 79.2 Å². The summed E-state index contributed by atoms with van der Waals surface area (Å²) in [4.78, 5) is 129. The zero-order valence-electron chi connectivity index (χ0n) is 81.8. The minimum atomic E-state index is -1.85. The molecule has 4 heterocycles. The zero-order chi connectivity index (χ0) is 100. The van der Waals surface area contributed by atoms with Crippen LogP contribution in [0, 0.1) is 34.5 Å². The quantitative estimate of drug-likeness (QED) is 0.0128. The van der Waals surface area contributed by atoms with Gasteiger partial charge in [-0.3, -0.25) is 59.3 Å². The molecule has 2 saturated heterocycles. The number of para-hydroxylation sites is 1. The Labute approximate surface area is 818 Å². The normalized spacial score (nSPS) is 28.7. The number of phenolic OH excluding ortho intramolecular Hbond substituents is 1. The van der Waals surface area contributed by atoms with Crippen LogP contribution in [0.2, 0.25) is 0 Å². The Morgan fingerprint density at radius 1 is 0.586 bits per heavy atom. The van der Waals surface area contributed by atoms with E-state index in [-0.39, 0.29) is 158 Å². The van der Waals surface area contributed by atoms with Crippen molar-refractivity contribution in [3.8, 4) is 5.75 Å². The molecule has 0 bridgehead atoms. The van der Waals surface area contributed by atoms with Gasteiger partial charge in [-0.2, -0.15) is 0 Å². The molecule has 0 aromatic heterocycles. The van der Waals surface area contributed by atoms with Crippen LogP contribution in [0.4, 0.5) is 11.4 Å². The highest BCUT2D eigenvalue weighted by Crippen LogP contribution is 2.60. The molecule has 0 spiro atoms. The average molecular weight is 1960 g/mol. The second kappa shape index (κ2) is 49.1. The number of imide groups is 1. The van der Waals surface area contributed by atoms with Gasteiger partial charge in [0.2, 0.25) is 47.3 Å². The molecular formula is C102H147N13O25. The Bertz CT molecular complexity index is 5040. The molecule has 4 aliphatic heterocycles. The van der Waals surface area contributed by atoms with Crippen LogP contribution in [-0.4, -0.2) is 271 Å². The summed E-state index contributed by atoms with van der Waals surface area (Å²) in [6.07, 6.45) is -5.94. The molecule has 20 atom stereocenters. The number of hydrogen-bond donors (Lipinski definition) is 19. The van der Waals surface area contributed by atoms with Gasteiger partial charge in [0, 0.05) is 68.6 Å². The molecule has 38 heteroatoms. The Balaban J connectivity index is 0.568. The predicted molar refractivity (Wildman–Crippen MR) is 515 cm³/mol. The third-order valence-electron chi connectivity index (χ3n) is 30.4. The third kappa shape index (κ3) is 24.8. The number of aliphatic hydroxyl groups excluding tert-OH is 7. The number of aryl methyl sites for hydroxylation is 2. The first-order valence-corrected chi connectivity index (χ1v) is 49.9. The number of aliphatic hydroxyl groups is 7. The number of nitrogens with two attached hydrogens (primary N) is 1. The standard InChI is InChI=1S/C102H147N13O25/c1-59(2)83(73(119)52-60(3)93(129)107-64-31-27-61-29-33-77-99(4,68(61)53-64)38-18-40-101(77,6)97(131)110-98(132)102(7)41-19-39-100(5)69-54-65(118)32-28-62(69)30-34-78(100)102)109-94(130)70(23-16-17-42-105-81(122)58-137-74-26-11-9-10-25-72-86(74)112-113-115(72)95-90(127)89(126)92(76(57-117)138-95)140-96-91(128)88(125)87(124)75(56-116)139-96)108-80(121)37-44-133-46-48-135-50-51-136-49-47-134-45-43-106-79(120)35-36-82(123)114-55-63-20-12-13-21-66(63)84(104-8)85(111-103)67-22-14-15-24-71(67)114/h12-15,20-22,24,27-28,31-32,53-54,59-60,70,74-78,83,87-92,95-96,104,111-113,116-118,124-128H,9-11,16-19,23,25-26,29-30,33-52,55-58,103H2,1-8H3,(H,105,122)(H,106,120)(H,107,129)(H,108,121)(H,109,130)(H,110,131,132)/b85-84-/t60-,70-,74?,75-,76-,77-,78-,83+,87-,88+,89-,90-,91-,92-,95+,96-,99-,100-,101+,102+/m1/s1. The molecule has 38 nitrogen and oxygen atoms in total. The van der Waals surface area contributed by atoms with E-state index in [0.717, 1.165) is 96.9 Å². The highest BCUT2D eigenvalue weighted by atomic mass is 16.7. The molecule has 13 rings (SSSR count). The van der Waals surface area contributed by atoms with Crippen LogP contribution in [0.25, 0.3) is 11.4 Å². The molecule has 1 unspecified atom stereocenters. The highest BCUT2D eigenvalue weighted by Gasteiger charge is 2.60. The molecule has 0 radical (unpaired) electrons. The van der Waals surface area contributed by atoms with Gasteiger partial charge in [-0.1, -0.05) is 129 Å². The number of unbranched alkanes of at least 4 members (excludes halogenated alkanes) is 1. The summed E-state index contributed by atoms with van der Waals surface area (Å²) in [5, 5.41) is 108. The van der Waals surface area contributed by atoms with E-state index in [1.54, 1.807) is 31.7 Å². The van der Waals surface area contributed by atoms with E-state index in [1.165, 1.54) is 10.6 Å². The molecule has 140 heavy (non-hydrogen) atoms. The number of allylic oxidation sites excluding steroid dienone is 1. The van der Waals surface area contributed by atoms with Crippen molar-refractivity contribution >= 4 is 75.8 Å². The highest BCUT2D eigenvalue weighted by molar-refractivity contribution is 6.03. The number of ether oxygens (including phenoxy) is 8. The van der Waals surface area contributed by atoms with E-state index in [2.05, 4.69) is 67.5 Å². The molecular weight excluding hydrogens is 1810 g/mol. The Morgan fingerprint density at radius 3 is 1.87 bits per heavy atom. The lowest BCUT2D eigenvalue weighted by atomic mass is 9.49. The molecule has 4 aromatic carbocycles. The number of carbonyl (C=O) groups excluding carboxylic acids is 9. The number of ketones is 1. The van der Waals surface area contributed by atoms with Crippen LogP contribution in [0.1, 0.15) is 216 Å². The predicted octanol–water partition coefficient (Wildman–Crippen LogP) is 4.12. The van der Waals surface area contributed by atoms with Crippen molar-refractivity contribution in [3.63, 3.8) is 0 Å². The third-order valence-corrected chi connectivity index (χ3v) is 30.4. The number of amides is 8. The Morgan fingerprint density at radius 2 is 1.21 bits per heavy atom. The van der Waals surface area contributed by atoms with Gasteiger partial charge in [0.25, 0.3) is 0 Å². The number of aromatic hydroxyl groups is 1. The number of hydrazine groups is 3. The van der Waals surface area contributed by atoms with Gasteiger partial charge < -0.3 is 126 Å². The number of fused-ring (bicyclic) bond motifs is 8. The monoisotopic (exact) mass is 1950 g/mol. The number of nitrogens with one attached hydrogen (secondary N) is 10. The van der Waals surface area contributed by atoms with E-state index in [0.29, 0.717) is 79.8 Å². The first-order chi connectivity index (χ1) is 67.2. The van der Waals surface area contributed by atoms with E-state index in [4.69, 9.17) is 43.7 Å². The van der Waals surface area contributed by atoms with Crippen molar-refractivity contribution in [2.45, 2.75) is 287 Å². The lowest BCUT2D eigenvalue weighted by Gasteiger charge is -2.56. The summed E-state index contributed by atoms with van der Waals surface area (Å²) in [6.45, 7) is 13.9. The average Bonchev–Trinajstić information content (AvgIpc) is 0.798. The van der Waals surface area contributed by atoms with Crippen LogP contribution in [0.15, 0.2) is 96.3 Å². The molecule has 2 saturated carbocycles. The largest absolute Gasteiger partial charge is 0.508 e. The number of benzene rings is 4. The van der Waals surface area contributed by atoms with Crippen LogP contribution in [-0.2, 0) is 111 Å². The second-order valence-electron chi connectivity index (χ2n) is 40.1. The maximum absolute atomic E-state index is 15.0. The van der Waals surface area contributed by atoms with Crippen LogP contribution in [0.3, 0.4) is 0 Å². The number of phenols is 1. The molecule has 5 aliphatic carbocycles. The zero-order valence-corrected chi connectivity index (χ0v) is 81.8. The van der Waals surface area contributed by atoms with Crippen molar-refractivity contribution in [1.82, 2.24) is 53.3 Å². The summed E-state index contributed by atoms with van der Waals surface area (Å²) in [6, 6.07) is 24.4. The lowest BCUT2D eigenvalue weighted by Crippen LogP contribution is -2.67. The smallest absolute Gasteiger partial charge is 0.246 e. The maximum atomic E-state index is 15.0. The molecule has 8 amide bonds. The SMILES string of the molecule is CN/C1=C(\NN)c2ccccc2N(C(=O)CCC(=O)NCCOCCOCCOCCOCCC(=O)N[C@H](CCCCNC(=O)COC2CCCCCC3=C2NNN3[C@H]2O[C@H](CO)[C@@H](O[C@H]3O[C@H](CO)[C@@H](O)[C@H](O)[C@H]3O)[C@H](O)[C@H]2O)C(=O)N[C@H](C(=O)C[C@@H](C)C(=O)Nc2ccc3c(c2)[C@@]2(C)CCC[C@](C)(C(=O)NC(=O)[C@@]4(C)CCC[C@]5(C)c6cc(O)ccc6CC[C@@H]45)[C@@H]2CC3)C(C)C)Cc2ccccc21. The second-order valence-corrected chi connectivity index (χ2v) is 40.1. The fourth-order valence-corrected chi connectivity index (χ4v) is 22.7. The molecule has 770 valence electrons. The number of anilines is 2. The first kappa shape index (κ1) is 108. The number of hydrogen-bond acceptors (Lipinski definition) is 31. The summed E-state index contributed by atoms with van der Waals surface area (Å²) in [5.41, 5.74) is 17.0. The Hall–Kier alpha value is -9.69. The number of rotatable bonds is 44. The van der Waals surface area contributed by atoms with E-state index < -0.39 is 150 Å². The molecule has 20 N–H and O–H groups in total. The first-order valence-electron chi connectivity index (χ1n) is 49.9. The number of Topliss-reactive ketones (excluding diaryl/α,β-unsaturated/α-hetero) is 1. The van der Waals surface area contributed by atoms with Crippen LogP contribution < -0.4 is 64.3 Å². The van der Waals surface area contributed by atoms with Crippen molar-refractivity contribution in [1.29, 1.82) is 0 Å². The number of nitrogens with zero attached hydrogens (tertiary/aromatic N) is 2. The van der Waals surface area contributed by atoms with Crippen LogP contribution >= 0.6 is 0 Å². The molecule has 9 aliphatic rings. The van der Waals surface area contributed by atoms with Gasteiger partial charge in [-0.25, -0.2) is 0 Å².